The van der Waals surface area contributed by atoms with Crippen LogP contribution in [0.3, 0.4) is 0 Å². The molecule has 3 N–H and O–H groups in total. The molecule has 0 aromatic rings. The number of nitrogens with two attached hydrogens (primary N) is 1. The molecule has 0 fully saturated rings. The molecule has 0 rings (SSSR count). The standard InChI is InChI=1S/C9H20N2O2/c1-11-8(5-3-4-6-10)7-9(12)13-2/h8,11H,3-7,10H2,1-2H3. The molecule has 0 heterocycles. The van der Waals surface area contributed by atoms with Crippen LogP contribution in [0, 0.1) is 0 Å². The predicted molar refractivity (Wildman–Crippen MR) is 52.4 cm³/mol. The smallest absolute Gasteiger partial charge is 0.307 e. The first kappa shape index (κ1) is 12.4. The van der Waals surface area contributed by atoms with Crippen molar-refractivity contribution in [3.05, 3.63) is 0 Å². The van der Waals surface area contributed by atoms with Crippen molar-refractivity contribution in [2.24, 2.45) is 5.73 Å². The summed E-state index contributed by atoms with van der Waals surface area (Å²) in [6, 6.07) is 0.221. The summed E-state index contributed by atoms with van der Waals surface area (Å²) in [5.41, 5.74) is 5.37. The van der Waals surface area contributed by atoms with Crippen molar-refractivity contribution >= 4 is 5.97 Å². The second-order valence-electron chi connectivity index (χ2n) is 3.05. The Kier molecular flexibility index (Phi) is 7.63. The van der Waals surface area contributed by atoms with Gasteiger partial charge in [-0.05, 0) is 26.4 Å². The van der Waals surface area contributed by atoms with Crippen molar-refractivity contribution in [3.8, 4) is 0 Å². The zero-order valence-electron chi connectivity index (χ0n) is 8.51. The van der Waals surface area contributed by atoms with Crippen molar-refractivity contribution in [1.29, 1.82) is 0 Å². The van der Waals surface area contributed by atoms with E-state index in [1.165, 1.54) is 7.11 Å². The van der Waals surface area contributed by atoms with E-state index < -0.39 is 0 Å². The van der Waals surface area contributed by atoms with E-state index in [1.54, 1.807) is 0 Å². The largest absolute Gasteiger partial charge is 0.469 e. The molecule has 0 bridgehead atoms. The van der Waals surface area contributed by atoms with E-state index in [9.17, 15) is 4.79 Å². The number of hydrogen-bond acceptors (Lipinski definition) is 4. The van der Waals surface area contributed by atoms with Gasteiger partial charge in [0.2, 0.25) is 0 Å². The van der Waals surface area contributed by atoms with E-state index in [0.29, 0.717) is 13.0 Å². The number of unbranched alkanes of at least 4 members (excludes halogenated alkanes) is 1. The van der Waals surface area contributed by atoms with Crippen molar-refractivity contribution < 1.29 is 9.53 Å². The monoisotopic (exact) mass is 188 g/mol. The summed E-state index contributed by atoms with van der Waals surface area (Å²) < 4.78 is 4.59. The Morgan fingerprint density at radius 1 is 1.54 bits per heavy atom. The fourth-order valence-corrected chi connectivity index (χ4v) is 1.17. The van der Waals surface area contributed by atoms with Crippen molar-refractivity contribution in [2.45, 2.75) is 31.7 Å². The molecule has 0 aromatic heterocycles. The topological polar surface area (TPSA) is 64.3 Å². The molecule has 0 saturated heterocycles. The molecule has 0 aliphatic heterocycles. The second kappa shape index (κ2) is 8.01. The summed E-state index contributed by atoms with van der Waals surface area (Å²) in [5, 5.41) is 3.08. The van der Waals surface area contributed by atoms with Crippen molar-refractivity contribution in [3.63, 3.8) is 0 Å². The molecular weight excluding hydrogens is 168 g/mol. The van der Waals surface area contributed by atoms with Gasteiger partial charge in [0, 0.05) is 6.04 Å². The highest BCUT2D eigenvalue weighted by molar-refractivity contribution is 5.69. The van der Waals surface area contributed by atoms with Gasteiger partial charge in [-0.2, -0.15) is 0 Å². The van der Waals surface area contributed by atoms with Crippen LogP contribution in [0.5, 0.6) is 0 Å². The van der Waals surface area contributed by atoms with Gasteiger partial charge in [0.05, 0.1) is 13.5 Å². The zero-order valence-corrected chi connectivity index (χ0v) is 8.51. The van der Waals surface area contributed by atoms with Crippen LogP contribution >= 0.6 is 0 Å². The first-order valence-electron chi connectivity index (χ1n) is 4.68. The van der Waals surface area contributed by atoms with E-state index in [4.69, 9.17) is 5.73 Å². The Balaban J connectivity index is 3.56. The molecule has 0 aromatic carbocycles. The van der Waals surface area contributed by atoms with E-state index in [-0.39, 0.29) is 12.0 Å². The maximum atomic E-state index is 10.9. The van der Waals surface area contributed by atoms with Gasteiger partial charge in [-0.15, -0.1) is 0 Å². The first-order valence-corrected chi connectivity index (χ1v) is 4.68. The fourth-order valence-electron chi connectivity index (χ4n) is 1.17. The third kappa shape index (κ3) is 6.54. The molecule has 1 atom stereocenters. The summed E-state index contributed by atoms with van der Waals surface area (Å²) in [6.07, 6.45) is 3.48. The highest BCUT2D eigenvalue weighted by Gasteiger charge is 2.11. The lowest BCUT2D eigenvalue weighted by Crippen LogP contribution is -2.28. The fraction of sp³-hybridized carbons (Fsp3) is 0.889. The number of rotatable bonds is 7. The van der Waals surface area contributed by atoms with Crippen LogP contribution in [0.1, 0.15) is 25.7 Å². The molecule has 0 saturated carbocycles. The van der Waals surface area contributed by atoms with E-state index in [2.05, 4.69) is 10.1 Å². The van der Waals surface area contributed by atoms with Gasteiger partial charge in [-0.25, -0.2) is 0 Å². The van der Waals surface area contributed by atoms with Crippen molar-refractivity contribution in [2.75, 3.05) is 20.7 Å². The highest BCUT2D eigenvalue weighted by atomic mass is 16.5. The summed E-state index contributed by atoms with van der Waals surface area (Å²) in [7, 11) is 3.27. The molecule has 78 valence electrons. The summed E-state index contributed by atoms with van der Waals surface area (Å²) in [5.74, 6) is -0.160. The first-order chi connectivity index (χ1) is 6.24. The Morgan fingerprint density at radius 2 is 2.23 bits per heavy atom. The van der Waals surface area contributed by atoms with Gasteiger partial charge in [-0.1, -0.05) is 6.42 Å². The third-order valence-corrected chi connectivity index (χ3v) is 2.06. The average Bonchev–Trinajstić information content (AvgIpc) is 2.16. The molecule has 1 unspecified atom stereocenters. The third-order valence-electron chi connectivity index (χ3n) is 2.06. The highest BCUT2D eigenvalue weighted by Crippen LogP contribution is 2.04. The SMILES string of the molecule is CNC(CCCCN)CC(=O)OC. The summed E-state index contributed by atoms with van der Waals surface area (Å²) in [6.45, 7) is 0.717. The van der Waals surface area contributed by atoms with Gasteiger partial charge in [0.25, 0.3) is 0 Å². The molecule has 4 heteroatoms. The number of carbonyl (C=O) groups is 1. The van der Waals surface area contributed by atoms with Crippen LogP contribution in [-0.4, -0.2) is 32.7 Å². The van der Waals surface area contributed by atoms with Crippen molar-refractivity contribution in [1.82, 2.24) is 5.32 Å². The van der Waals surface area contributed by atoms with Crippen LogP contribution in [0.4, 0.5) is 0 Å². The Morgan fingerprint density at radius 3 is 2.69 bits per heavy atom. The number of ether oxygens (including phenoxy) is 1. The number of esters is 1. The molecule has 0 aliphatic carbocycles. The van der Waals surface area contributed by atoms with E-state index in [1.807, 2.05) is 7.05 Å². The Labute approximate surface area is 79.8 Å². The van der Waals surface area contributed by atoms with Gasteiger partial charge in [-0.3, -0.25) is 4.79 Å². The maximum Gasteiger partial charge on any atom is 0.307 e. The minimum absolute atomic E-state index is 0.160. The predicted octanol–water partition coefficient (Wildman–Crippen LogP) is 0.267. The van der Waals surface area contributed by atoms with Crippen LogP contribution in [0.2, 0.25) is 0 Å². The molecule has 13 heavy (non-hydrogen) atoms. The minimum Gasteiger partial charge on any atom is -0.469 e. The van der Waals surface area contributed by atoms with Crippen LogP contribution in [0.25, 0.3) is 0 Å². The molecular formula is C9H20N2O2. The zero-order chi connectivity index (χ0) is 10.1. The molecule has 0 radical (unpaired) electrons. The number of hydrogen-bond donors (Lipinski definition) is 2. The van der Waals surface area contributed by atoms with Gasteiger partial charge in [0.1, 0.15) is 0 Å². The lowest BCUT2D eigenvalue weighted by atomic mass is 10.1. The van der Waals surface area contributed by atoms with Crippen LogP contribution in [0.15, 0.2) is 0 Å². The van der Waals surface area contributed by atoms with Crippen LogP contribution in [-0.2, 0) is 9.53 Å². The molecule has 0 aliphatic rings. The van der Waals surface area contributed by atoms with E-state index in [0.717, 1.165) is 19.3 Å². The Hall–Kier alpha value is -0.610. The van der Waals surface area contributed by atoms with Gasteiger partial charge in [0.15, 0.2) is 0 Å². The molecule has 0 amide bonds. The lowest BCUT2D eigenvalue weighted by molar-refractivity contribution is -0.141. The molecule has 0 spiro atoms. The summed E-state index contributed by atoms with van der Waals surface area (Å²) >= 11 is 0. The maximum absolute atomic E-state index is 10.9. The lowest BCUT2D eigenvalue weighted by Gasteiger charge is -2.13. The molecule has 4 nitrogen and oxygen atoms in total. The number of carbonyl (C=O) groups excluding carboxylic acids is 1. The second-order valence-corrected chi connectivity index (χ2v) is 3.05. The van der Waals surface area contributed by atoms with Crippen LogP contribution < -0.4 is 11.1 Å². The normalized spacial score (nSPS) is 12.5. The van der Waals surface area contributed by atoms with Gasteiger partial charge < -0.3 is 15.8 Å². The quantitative estimate of drug-likeness (QED) is 0.444. The van der Waals surface area contributed by atoms with E-state index >= 15 is 0 Å². The van der Waals surface area contributed by atoms with Gasteiger partial charge >= 0.3 is 5.97 Å². The Bertz CT molecular complexity index is 140. The minimum atomic E-state index is -0.160. The number of methoxy groups -OCH3 is 1. The summed E-state index contributed by atoms with van der Waals surface area (Å²) in [4.78, 5) is 10.9. The number of nitrogens with one attached hydrogen (secondary N) is 1. The average molecular weight is 188 g/mol.